The summed E-state index contributed by atoms with van der Waals surface area (Å²) in [5, 5.41) is 1.95. The number of aryl methyl sites for hydroxylation is 2. The van der Waals surface area contributed by atoms with Gasteiger partial charge in [0.25, 0.3) is 5.91 Å². The van der Waals surface area contributed by atoms with Crippen LogP contribution in [0.4, 0.5) is 11.4 Å². The average Bonchev–Trinajstić information content (AvgIpc) is 2.89. The van der Waals surface area contributed by atoms with E-state index in [0.717, 1.165) is 32.5 Å². The summed E-state index contributed by atoms with van der Waals surface area (Å²) in [4.78, 5) is 14.5. The molecule has 2 aromatic carbocycles. The maximum Gasteiger partial charge on any atom is 0.252 e. The van der Waals surface area contributed by atoms with Crippen LogP contribution < -0.4 is 15.3 Å². The van der Waals surface area contributed by atoms with Crippen molar-refractivity contribution in [1.29, 1.82) is 0 Å². The van der Waals surface area contributed by atoms with Crippen LogP contribution >= 0.6 is 15.9 Å². The molecule has 1 amide bonds. The lowest BCUT2D eigenvalue weighted by molar-refractivity contribution is -0.114. The van der Waals surface area contributed by atoms with E-state index in [9.17, 15) is 4.79 Å². The maximum absolute atomic E-state index is 12.7. The second-order valence-electron chi connectivity index (χ2n) is 5.95. The van der Waals surface area contributed by atoms with Crippen molar-refractivity contribution in [2.75, 3.05) is 17.0 Å². The number of nitrogens with zero attached hydrogens (tertiary/aromatic N) is 2. The van der Waals surface area contributed by atoms with Crippen molar-refractivity contribution in [3.8, 4) is 0 Å². The second-order valence-corrected chi connectivity index (χ2v) is 6.80. The largest absolute Gasteiger partial charge is 0.309 e. The highest BCUT2D eigenvalue weighted by atomic mass is 79.9. The van der Waals surface area contributed by atoms with Crippen LogP contribution in [0.5, 0.6) is 0 Å². The van der Waals surface area contributed by atoms with Gasteiger partial charge in [-0.2, -0.15) is 0 Å². The van der Waals surface area contributed by atoms with Gasteiger partial charge in [0.1, 0.15) is 6.17 Å². The Labute approximate surface area is 150 Å². The molecule has 124 valence electrons. The van der Waals surface area contributed by atoms with Gasteiger partial charge in [-0.25, -0.2) is 5.43 Å². The Morgan fingerprint density at radius 1 is 1.29 bits per heavy atom. The van der Waals surface area contributed by atoms with Gasteiger partial charge < -0.3 is 5.01 Å². The first-order valence-electron chi connectivity index (χ1n) is 7.75. The van der Waals surface area contributed by atoms with Crippen molar-refractivity contribution in [3.63, 3.8) is 0 Å². The Hall–Kier alpha value is -2.11. The van der Waals surface area contributed by atoms with Crippen LogP contribution in [-0.2, 0) is 4.79 Å². The van der Waals surface area contributed by atoms with Crippen molar-refractivity contribution < 1.29 is 4.79 Å². The van der Waals surface area contributed by atoms with Gasteiger partial charge in [-0.15, -0.1) is 0 Å². The molecular formula is C19H20BrN3O. The van der Waals surface area contributed by atoms with E-state index in [-0.39, 0.29) is 12.1 Å². The van der Waals surface area contributed by atoms with Crippen LogP contribution in [0.2, 0.25) is 0 Å². The zero-order valence-corrected chi connectivity index (χ0v) is 15.6. The van der Waals surface area contributed by atoms with E-state index < -0.39 is 0 Å². The molecule has 5 heteroatoms. The molecule has 0 radical (unpaired) electrons. The first-order chi connectivity index (χ1) is 11.4. The SMILES string of the molecule is C=CC(=O)N(c1cc(C)c(Br)cc1C)C1NN(C)c2ccccc21. The van der Waals surface area contributed by atoms with Crippen LogP contribution in [0.3, 0.4) is 0 Å². The van der Waals surface area contributed by atoms with E-state index in [1.54, 1.807) is 4.90 Å². The topological polar surface area (TPSA) is 35.6 Å². The number of hydrogen-bond acceptors (Lipinski definition) is 3. The number of fused-ring (bicyclic) bond motifs is 1. The van der Waals surface area contributed by atoms with E-state index in [4.69, 9.17) is 0 Å². The summed E-state index contributed by atoms with van der Waals surface area (Å²) in [5.41, 5.74) is 8.49. The molecule has 2 aromatic rings. The first-order valence-corrected chi connectivity index (χ1v) is 8.54. The molecule has 24 heavy (non-hydrogen) atoms. The third-order valence-corrected chi connectivity index (χ3v) is 5.17. The van der Waals surface area contributed by atoms with Crippen LogP contribution in [-0.4, -0.2) is 13.0 Å². The maximum atomic E-state index is 12.7. The molecule has 0 spiro atoms. The number of anilines is 2. The van der Waals surface area contributed by atoms with Gasteiger partial charge >= 0.3 is 0 Å². The number of hydrogen-bond donors (Lipinski definition) is 1. The standard InChI is InChI=1S/C19H20BrN3O/c1-5-18(24)23(17-11-12(2)15(20)10-13(17)3)19-14-8-6-7-9-16(14)22(4)21-19/h5-11,19,21H,1H2,2-4H3. The summed E-state index contributed by atoms with van der Waals surface area (Å²) in [7, 11) is 1.95. The Kier molecular flexibility index (Phi) is 4.47. The summed E-state index contributed by atoms with van der Waals surface area (Å²) in [5.74, 6) is -0.137. The minimum Gasteiger partial charge on any atom is -0.309 e. The number of para-hydroxylation sites is 1. The highest BCUT2D eigenvalue weighted by Crippen LogP contribution is 2.38. The van der Waals surface area contributed by atoms with Gasteiger partial charge in [-0.1, -0.05) is 40.7 Å². The lowest BCUT2D eigenvalue weighted by Crippen LogP contribution is -2.43. The molecule has 0 saturated carbocycles. The van der Waals surface area contributed by atoms with E-state index in [2.05, 4.69) is 27.9 Å². The number of hydrazine groups is 1. The van der Waals surface area contributed by atoms with E-state index in [0.29, 0.717) is 0 Å². The van der Waals surface area contributed by atoms with Gasteiger partial charge in [0.2, 0.25) is 0 Å². The molecule has 1 atom stereocenters. The summed E-state index contributed by atoms with van der Waals surface area (Å²) >= 11 is 3.55. The Morgan fingerprint density at radius 2 is 2.00 bits per heavy atom. The van der Waals surface area contributed by atoms with Crippen molar-refractivity contribution in [3.05, 3.63) is 70.2 Å². The summed E-state index contributed by atoms with van der Waals surface area (Å²) in [6, 6.07) is 12.1. The Balaban J connectivity index is 2.15. The molecule has 0 aromatic heterocycles. The lowest BCUT2D eigenvalue weighted by atomic mass is 10.1. The quantitative estimate of drug-likeness (QED) is 0.802. The highest BCUT2D eigenvalue weighted by Gasteiger charge is 2.34. The zero-order chi connectivity index (χ0) is 17.4. The minimum absolute atomic E-state index is 0.137. The molecule has 0 aliphatic carbocycles. The third-order valence-electron chi connectivity index (χ3n) is 4.32. The van der Waals surface area contributed by atoms with Crippen LogP contribution in [0, 0.1) is 13.8 Å². The first kappa shape index (κ1) is 16.7. The summed E-state index contributed by atoms with van der Waals surface area (Å²) in [6.07, 6.45) is 1.09. The van der Waals surface area contributed by atoms with Gasteiger partial charge in [0, 0.05) is 22.8 Å². The molecule has 1 unspecified atom stereocenters. The monoisotopic (exact) mass is 385 g/mol. The molecule has 1 aliphatic heterocycles. The molecule has 0 fully saturated rings. The molecule has 1 heterocycles. The molecule has 0 bridgehead atoms. The number of carbonyl (C=O) groups is 1. The van der Waals surface area contributed by atoms with E-state index >= 15 is 0 Å². The molecule has 3 rings (SSSR count). The van der Waals surface area contributed by atoms with Crippen molar-refractivity contribution in [2.24, 2.45) is 0 Å². The average molecular weight is 386 g/mol. The van der Waals surface area contributed by atoms with E-state index in [1.165, 1.54) is 6.08 Å². The Bertz CT molecular complexity index is 818. The smallest absolute Gasteiger partial charge is 0.252 e. The predicted molar refractivity (Wildman–Crippen MR) is 102 cm³/mol. The molecule has 4 nitrogen and oxygen atoms in total. The number of nitrogens with one attached hydrogen (secondary N) is 1. The molecular weight excluding hydrogens is 366 g/mol. The van der Waals surface area contributed by atoms with Crippen molar-refractivity contribution >= 4 is 33.2 Å². The number of benzene rings is 2. The summed E-state index contributed by atoms with van der Waals surface area (Å²) < 4.78 is 1.03. The van der Waals surface area contributed by atoms with Crippen molar-refractivity contribution in [1.82, 2.24) is 5.43 Å². The van der Waals surface area contributed by atoms with Gasteiger partial charge in [-0.3, -0.25) is 9.69 Å². The molecule has 0 saturated heterocycles. The fraction of sp³-hybridized carbons (Fsp3) is 0.211. The van der Waals surface area contributed by atoms with Crippen LogP contribution in [0.1, 0.15) is 22.9 Å². The van der Waals surface area contributed by atoms with Crippen LogP contribution in [0.15, 0.2) is 53.5 Å². The Morgan fingerprint density at radius 3 is 2.71 bits per heavy atom. The minimum atomic E-state index is -0.268. The number of carbonyl (C=O) groups excluding carboxylic acids is 1. The lowest BCUT2D eigenvalue weighted by Gasteiger charge is -2.31. The molecule has 1 N–H and O–H groups in total. The van der Waals surface area contributed by atoms with Gasteiger partial charge in [-0.05, 0) is 49.2 Å². The fourth-order valence-electron chi connectivity index (χ4n) is 3.05. The third kappa shape index (κ3) is 2.74. The fourth-order valence-corrected chi connectivity index (χ4v) is 3.51. The van der Waals surface area contributed by atoms with E-state index in [1.807, 2.05) is 62.3 Å². The van der Waals surface area contributed by atoms with Gasteiger partial charge in [0.15, 0.2) is 0 Å². The van der Waals surface area contributed by atoms with Gasteiger partial charge in [0.05, 0.1) is 5.69 Å². The normalized spacial score (nSPS) is 16.0. The predicted octanol–water partition coefficient (Wildman–Crippen LogP) is 4.24. The number of rotatable bonds is 3. The summed E-state index contributed by atoms with van der Waals surface area (Å²) in [6.45, 7) is 7.71. The van der Waals surface area contributed by atoms with Crippen molar-refractivity contribution in [2.45, 2.75) is 20.0 Å². The second kappa shape index (κ2) is 6.42. The zero-order valence-electron chi connectivity index (χ0n) is 14.0. The number of amides is 1. The molecule has 1 aliphatic rings. The number of halogens is 1. The highest BCUT2D eigenvalue weighted by molar-refractivity contribution is 9.10. The van der Waals surface area contributed by atoms with Crippen LogP contribution in [0.25, 0.3) is 0 Å².